The summed E-state index contributed by atoms with van der Waals surface area (Å²) in [6, 6.07) is 12.4. The first kappa shape index (κ1) is 21.5. The van der Waals surface area contributed by atoms with Crippen LogP contribution in [0.2, 0.25) is 0 Å². The number of carbonyl (C=O) groups is 1. The molecule has 5 heterocycles. The van der Waals surface area contributed by atoms with Crippen LogP contribution in [0.3, 0.4) is 0 Å². The lowest BCUT2D eigenvalue weighted by Gasteiger charge is -2.28. The van der Waals surface area contributed by atoms with E-state index in [0.717, 1.165) is 91.8 Å². The van der Waals surface area contributed by atoms with Crippen LogP contribution in [-0.4, -0.2) is 73.4 Å². The van der Waals surface area contributed by atoms with E-state index in [9.17, 15) is 4.79 Å². The number of morpholine rings is 2. The number of pyridine rings is 1. The van der Waals surface area contributed by atoms with Gasteiger partial charge in [0, 0.05) is 48.7 Å². The van der Waals surface area contributed by atoms with E-state index in [1.807, 2.05) is 6.07 Å². The topological polar surface area (TPSA) is 96.7 Å². The number of hydrogen-bond donors (Lipinski definition) is 2. The molecule has 2 aliphatic heterocycles. The van der Waals surface area contributed by atoms with Gasteiger partial charge in [-0.3, -0.25) is 9.69 Å². The summed E-state index contributed by atoms with van der Waals surface area (Å²) < 4.78 is 10.9. The summed E-state index contributed by atoms with van der Waals surface area (Å²) in [6.07, 6.45) is 0. The third-order valence-corrected chi connectivity index (χ3v) is 7.67. The molecule has 0 radical (unpaired) electrons. The first-order valence-corrected chi connectivity index (χ1v) is 12.5. The smallest absolute Gasteiger partial charge is 0.250 e. The Morgan fingerprint density at radius 2 is 1.79 bits per heavy atom. The number of nitrogens with one attached hydrogen (secondary N) is 1. The van der Waals surface area contributed by atoms with Crippen LogP contribution >= 0.6 is 11.3 Å². The maximum atomic E-state index is 12.4. The molecule has 0 atom stereocenters. The quantitative estimate of drug-likeness (QED) is 0.458. The number of thiophene rings is 1. The highest BCUT2D eigenvalue weighted by molar-refractivity contribution is 7.15. The second-order valence-corrected chi connectivity index (χ2v) is 9.92. The molecule has 9 heteroatoms. The number of hydrogen-bond acceptors (Lipinski definition) is 7. The summed E-state index contributed by atoms with van der Waals surface area (Å²) in [5.74, 6) is -0.460. The number of benzene rings is 1. The van der Waals surface area contributed by atoms with Crippen LogP contribution in [0, 0.1) is 0 Å². The summed E-state index contributed by atoms with van der Waals surface area (Å²) in [5, 5.41) is 0.987. The fraction of sp³-hybridized carbons (Fsp3) is 0.360. The van der Waals surface area contributed by atoms with Gasteiger partial charge in [0.2, 0.25) is 0 Å². The van der Waals surface area contributed by atoms with E-state index in [-0.39, 0.29) is 0 Å². The number of nitrogens with zero attached hydrogens (tertiary/aromatic N) is 3. The molecule has 0 bridgehead atoms. The number of carbonyl (C=O) groups excluding carboxylic acids is 1. The van der Waals surface area contributed by atoms with Crippen molar-refractivity contribution in [3.05, 3.63) is 46.8 Å². The molecule has 2 saturated heterocycles. The molecule has 0 unspecified atom stereocenters. The Kier molecular flexibility index (Phi) is 5.70. The minimum Gasteiger partial charge on any atom is -0.379 e. The molecule has 0 saturated carbocycles. The zero-order valence-corrected chi connectivity index (χ0v) is 19.7. The predicted molar refractivity (Wildman–Crippen MR) is 135 cm³/mol. The van der Waals surface area contributed by atoms with Crippen molar-refractivity contribution in [1.29, 1.82) is 0 Å². The summed E-state index contributed by atoms with van der Waals surface area (Å²) in [6.45, 7) is 7.56. The van der Waals surface area contributed by atoms with Crippen molar-refractivity contribution in [1.82, 2.24) is 14.9 Å². The van der Waals surface area contributed by atoms with Gasteiger partial charge in [0.05, 0.1) is 59.1 Å². The van der Waals surface area contributed by atoms with Crippen LogP contribution < -0.4 is 10.6 Å². The predicted octanol–water partition coefficient (Wildman–Crippen LogP) is 3.21. The highest BCUT2D eigenvalue weighted by Crippen LogP contribution is 2.34. The molecule has 0 spiro atoms. The normalized spacial score (nSPS) is 17.6. The van der Waals surface area contributed by atoms with Crippen molar-refractivity contribution in [2.24, 2.45) is 5.73 Å². The SMILES string of the molecule is NC(=O)c1cc(-c2ccc(CN3CCOCC3)s2)nc2c1[nH]c1cc(N3CCOCC3)ccc12. The van der Waals surface area contributed by atoms with Gasteiger partial charge in [-0.2, -0.15) is 0 Å². The van der Waals surface area contributed by atoms with Gasteiger partial charge in [-0.1, -0.05) is 0 Å². The van der Waals surface area contributed by atoms with Gasteiger partial charge in [-0.25, -0.2) is 4.98 Å². The Balaban J connectivity index is 1.38. The third kappa shape index (κ3) is 4.05. The van der Waals surface area contributed by atoms with Gasteiger partial charge >= 0.3 is 0 Å². The number of aromatic nitrogens is 2. The molecule has 6 rings (SSSR count). The maximum absolute atomic E-state index is 12.4. The van der Waals surface area contributed by atoms with Gasteiger partial charge in [-0.05, 0) is 36.4 Å². The molecule has 34 heavy (non-hydrogen) atoms. The monoisotopic (exact) mass is 477 g/mol. The average molecular weight is 478 g/mol. The summed E-state index contributed by atoms with van der Waals surface area (Å²) in [7, 11) is 0. The lowest BCUT2D eigenvalue weighted by molar-refractivity contribution is 0.0346. The number of aromatic amines is 1. The lowest BCUT2D eigenvalue weighted by Crippen LogP contribution is -2.36. The highest BCUT2D eigenvalue weighted by atomic mass is 32.1. The number of amides is 1. The summed E-state index contributed by atoms with van der Waals surface area (Å²) in [4.78, 5) is 27.8. The van der Waals surface area contributed by atoms with Crippen LogP contribution in [0.15, 0.2) is 36.4 Å². The number of ether oxygens (including phenoxy) is 2. The first-order chi connectivity index (χ1) is 16.7. The van der Waals surface area contributed by atoms with Gasteiger partial charge in [0.25, 0.3) is 5.91 Å². The van der Waals surface area contributed by atoms with Crippen molar-refractivity contribution in [2.45, 2.75) is 6.54 Å². The number of rotatable bonds is 5. The van der Waals surface area contributed by atoms with Crippen LogP contribution in [-0.2, 0) is 16.0 Å². The molecule has 4 aromatic rings. The highest BCUT2D eigenvalue weighted by Gasteiger charge is 2.19. The molecule has 1 aromatic carbocycles. The largest absolute Gasteiger partial charge is 0.379 e. The second-order valence-electron chi connectivity index (χ2n) is 8.75. The van der Waals surface area contributed by atoms with Crippen LogP contribution in [0.4, 0.5) is 5.69 Å². The third-order valence-electron chi connectivity index (χ3n) is 6.58. The number of primary amides is 1. The van der Waals surface area contributed by atoms with E-state index in [4.69, 9.17) is 20.2 Å². The number of H-pyrrole nitrogens is 1. The van der Waals surface area contributed by atoms with E-state index < -0.39 is 5.91 Å². The fourth-order valence-electron chi connectivity index (χ4n) is 4.76. The Morgan fingerprint density at radius 1 is 1.03 bits per heavy atom. The Morgan fingerprint density at radius 3 is 2.56 bits per heavy atom. The molecule has 3 aromatic heterocycles. The summed E-state index contributed by atoms with van der Waals surface area (Å²) in [5.41, 5.74) is 10.6. The zero-order valence-electron chi connectivity index (χ0n) is 18.9. The molecular weight excluding hydrogens is 450 g/mol. The fourth-order valence-corrected chi connectivity index (χ4v) is 5.77. The molecule has 0 aliphatic carbocycles. The van der Waals surface area contributed by atoms with Crippen molar-refractivity contribution in [3.63, 3.8) is 0 Å². The van der Waals surface area contributed by atoms with Crippen molar-refractivity contribution < 1.29 is 14.3 Å². The van der Waals surface area contributed by atoms with E-state index in [0.29, 0.717) is 11.1 Å². The number of anilines is 1. The van der Waals surface area contributed by atoms with Gasteiger partial charge in [0.15, 0.2) is 0 Å². The number of fused-ring (bicyclic) bond motifs is 3. The summed E-state index contributed by atoms with van der Waals surface area (Å²) >= 11 is 1.71. The van der Waals surface area contributed by atoms with Gasteiger partial charge < -0.3 is 25.1 Å². The van der Waals surface area contributed by atoms with Crippen molar-refractivity contribution >= 4 is 44.9 Å². The molecule has 2 aliphatic rings. The Bertz CT molecular complexity index is 1350. The van der Waals surface area contributed by atoms with Gasteiger partial charge in [-0.15, -0.1) is 11.3 Å². The lowest BCUT2D eigenvalue weighted by atomic mass is 10.1. The van der Waals surface area contributed by atoms with E-state index in [1.54, 1.807) is 11.3 Å². The molecule has 2 fully saturated rings. The minimum absolute atomic E-state index is 0.460. The van der Waals surface area contributed by atoms with Crippen LogP contribution in [0.1, 0.15) is 15.2 Å². The Labute approximate surface area is 201 Å². The molecule has 3 N–H and O–H groups in total. The Hall–Kier alpha value is -2.98. The molecule has 176 valence electrons. The van der Waals surface area contributed by atoms with Gasteiger partial charge in [0.1, 0.15) is 0 Å². The average Bonchev–Trinajstić information content (AvgIpc) is 3.48. The number of nitrogens with two attached hydrogens (primary N) is 1. The van der Waals surface area contributed by atoms with Crippen molar-refractivity contribution in [3.8, 4) is 10.6 Å². The van der Waals surface area contributed by atoms with E-state index >= 15 is 0 Å². The van der Waals surface area contributed by atoms with Crippen LogP contribution in [0.5, 0.6) is 0 Å². The van der Waals surface area contributed by atoms with E-state index in [2.05, 4.69) is 45.1 Å². The van der Waals surface area contributed by atoms with E-state index in [1.165, 1.54) is 4.88 Å². The maximum Gasteiger partial charge on any atom is 0.250 e. The molecule has 1 amide bonds. The zero-order chi connectivity index (χ0) is 23.1. The standard InChI is InChI=1S/C25H27N5O3S/c26-25(31)19-14-21(22-4-2-17(34-22)15-29-5-9-32-10-6-29)28-23-18-3-1-16(13-20(18)27-24(19)23)30-7-11-33-12-8-30/h1-4,13-14,27H,5-12,15H2,(H2,26,31). The molecule has 8 nitrogen and oxygen atoms in total. The first-order valence-electron chi connectivity index (χ1n) is 11.6. The molecular formula is C25H27N5O3S. The minimum atomic E-state index is -0.460. The second kappa shape index (κ2) is 8.99. The van der Waals surface area contributed by atoms with Crippen molar-refractivity contribution in [2.75, 3.05) is 57.5 Å². The van der Waals surface area contributed by atoms with Crippen LogP contribution in [0.25, 0.3) is 32.5 Å².